The van der Waals surface area contributed by atoms with Gasteiger partial charge in [0.1, 0.15) is 6.10 Å². The number of ether oxygens (including phenoxy) is 1. The van der Waals surface area contributed by atoms with Crippen molar-refractivity contribution in [3.8, 4) is 0 Å². The van der Waals surface area contributed by atoms with E-state index in [-0.39, 0.29) is 24.5 Å². The highest BCUT2D eigenvalue weighted by Gasteiger charge is 2.22. The van der Waals surface area contributed by atoms with E-state index in [0.717, 1.165) is 4.88 Å². The number of amides is 2. The number of carbonyl (C=O) groups is 3. The van der Waals surface area contributed by atoms with Gasteiger partial charge in [0.2, 0.25) is 5.78 Å². The molecule has 0 saturated heterocycles. The predicted molar refractivity (Wildman–Crippen MR) is 89.1 cm³/mol. The van der Waals surface area contributed by atoms with Crippen LogP contribution in [0.1, 0.15) is 32.6 Å². The van der Waals surface area contributed by atoms with Gasteiger partial charge in [-0.05, 0) is 23.3 Å². The van der Waals surface area contributed by atoms with Crippen molar-refractivity contribution < 1.29 is 19.1 Å². The first-order valence-corrected chi connectivity index (χ1v) is 8.47. The summed E-state index contributed by atoms with van der Waals surface area (Å²) in [4.78, 5) is 36.0. The van der Waals surface area contributed by atoms with E-state index in [1.807, 2.05) is 45.2 Å². The van der Waals surface area contributed by atoms with E-state index in [4.69, 9.17) is 4.74 Å². The monoisotopic (exact) mass is 340 g/mol. The summed E-state index contributed by atoms with van der Waals surface area (Å²) in [5.74, 6) is -1.08. The van der Waals surface area contributed by atoms with Gasteiger partial charge in [-0.15, -0.1) is 11.3 Å². The number of hydrogen-bond donors (Lipinski definition) is 2. The number of thiophene rings is 1. The largest absolute Gasteiger partial charge is 0.446 e. The van der Waals surface area contributed by atoms with Crippen LogP contribution in [-0.4, -0.2) is 30.4 Å². The van der Waals surface area contributed by atoms with Crippen LogP contribution >= 0.6 is 11.3 Å². The molecule has 0 radical (unpaired) electrons. The number of carbonyl (C=O) groups excluding carboxylic acids is 3. The Balaban J connectivity index is 2.33. The number of rotatable bonds is 8. The van der Waals surface area contributed by atoms with Crippen molar-refractivity contribution in [2.45, 2.75) is 40.3 Å². The Morgan fingerprint density at radius 2 is 1.78 bits per heavy atom. The molecule has 1 aromatic heterocycles. The van der Waals surface area contributed by atoms with Gasteiger partial charge in [0.25, 0.3) is 5.91 Å². The minimum Gasteiger partial charge on any atom is -0.446 e. The topological polar surface area (TPSA) is 84.5 Å². The van der Waals surface area contributed by atoms with Gasteiger partial charge in [-0.3, -0.25) is 9.59 Å². The molecule has 1 rings (SSSR count). The van der Waals surface area contributed by atoms with E-state index >= 15 is 0 Å². The molecular formula is C16H24N2O4S. The predicted octanol–water partition coefficient (Wildman–Crippen LogP) is 2.34. The fourth-order valence-corrected chi connectivity index (χ4v) is 2.76. The summed E-state index contributed by atoms with van der Waals surface area (Å²) in [5.41, 5.74) is 0. The molecule has 23 heavy (non-hydrogen) atoms. The molecule has 6 nitrogen and oxygen atoms in total. The summed E-state index contributed by atoms with van der Waals surface area (Å²) in [6, 6.07) is 3.73. The minimum atomic E-state index is -0.719. The van der Waals surface area contributed by atoms with Crippen LogP contribution in [0.15, 0.2) is 17.5 Å². The van der Waals surface area contributed by atoms with Crippen LogP contribution in [-0.2, 0) is 20.9 Å². The Hall–Kier alpha value is -1.89. The Bertz CT molecular complexity index is 518. The third kappa shape index (κ3) is 6.81. The molecular weight excluding hydrogens is 316 g/mol. The van der Waals surface area contributed by atoms with Gasteiger partial charge in [0, 0.05) is 4.88 Å². The molecule has 1 heterocycles. The van der Waals surface area contributed by atoms with Gasteiger partial charge in [0.15, 0.2) is 0 Å². The van der Waals surface area contributed by atoms with E-state index in [0.29, 0.717) is 6.54 Å². The third-order valence-corrected chi connectivity index (χ3v) is 4.08. The summed E-state index contributed by atoms with van der Waals surface area (Å²) in [6.45, 7) is 7.76. The lowest BCUT2D eigenvalue weighted by molar-refractivity contribution is -0.137. The van der Waals surface area contributed by atoms with Crippen LogP contribution in [0.3, 0.4) is 0 Å². The van der Waals surface area contributed by atoms with Crippen LogP contribution in [0, 0.1) is 11.8 Å². The summed E-state index contributed by atoms with van der Waals surface area (Å²) in [5, 5.41) is 6.73. The average Bonchev–Trinajstić information content (AvgIpc) is 3.00. The summed E-state index contributed by atoms with van der Waals surface area (Å²) in [6.07, 6.45) is -0.922. The number of alkyl carbamates (subject to hydrolysis) is 1. The van der Waals surface area contributed by atoms with Crippen molar-refractivity contribution in [3.63, 3.8) is 0 Å². The molecule has 0 spiro atoms. The first-order chi connectivity index (χ1) is 10.8. The molecule has 7 heteroatoms. The summed E-state index contributed by atoms with van der Waals surface area (Å²) < 4.78 is 5.29. The summed E-state index contributed by atoms with van der Waals surface area (Å²) in [7, 11) is 0. The maximum Gasteiger partial charge on any atom is 0.407 e. The second-order valence-electron chi connectivity index (χ2n) is 5.90. The Morgan fingerprint density at radius 3 is 2.30 bits per heavy atom. The molecule has 0 aliphatic heterocycles. The van der Waals surface area contributed by atoms with Crippen LogP contribution in [0.2, 0.25) is 0 Å². The highest BCUT2D eigenvalue weighted by atomic mass is 32.1. The van der Waals surface area contributed by atoms with Gasteiger partial charge in [-0.25, -0.2) is 4.79 Å². The van der Waals surface area contributed by atoms with Crippen molar-refractivity contribution in [1.29, 1.82) is 0 Å². The van der Waals surface area contributed by atoms with Crippen molar-refractivity contribution >= 4 is 29.1 Å². The molecule has 0 unspecified atom stereocenters. The minimum absolute atomic E-state index is 0.172. The van der Waals surface area contributed by atoms with Crippen molar-refractivity contribution in [1.82, 2.24) is 10.6 Å². The van der Waals surface area contributed by atoms with Crippen LogP contribution < -0.4 is 10.6 Å². The van der Waals surface area contributed by atoms with Crippen molar-refractivity contribution in [2.24, 2.45) is 11.8 Å². The normalized spacial score (nSPS) is 10.9. The fraction of sp³-hybridized carbons (Fsp3) is 0.562. The molecule has 0 aliphatic carbocycles. The van der Waals surface area contributed by atoms with E-state index in [1.54, 1.807) is 0 Å². The lowest BCUT2D eigenvalue weighted by Crippen LogP contribution is -2.41. The Kier molecular flexibility index (Phi) is 7.74. The lowest BCUT2D eigenvalue weighted by Gasteiger charge is -2.24. The van der Waals surface area contributed by atoms with E-state index in [2.05, 4.69) is 10.6 Å². The smallest absolute Gasteiger partial charge is 0.407 e. The average molecular weight is 340 g/mol. The van der Waals surface area contributed by atoms with Crippen LogP contribution in [0.4, 0.5) is 4.79 Å². The maximum absolute atomic E-state index is 11.7. The third-order valence-electron chi connectivity index (χ3n) is 3.21. The standard InChI is InChI=1S/C16H24N2O4S/c1-10(2)14(11(3)4)22-16(21)18-9-13(19)15(20)17-8-12-6-5-7-23-12/h5-7,10-11,14H,8-9H2,1-4H3,(H,17,20)(H,18,21). The second kappa shape index (κ2) is 9.29. The molecule has 2 amide bonds. The molecule has 2 N–H and O–H groups in total. The molecule has 0 saturated carbocycles. The molecule has 0 bridgehead atoms. The molecule has 0 atom stereocenters. The zero-order chi connectivity index (χ0) is 17.4. The number of Topliss-reactive ketones (excluding diaryl/α,β-unsaturated/α-hetero) is 1. The number of ketones is 1. The van der Waals surface area contributed by atoms with Crippen molar-refractivity contribution in [2.75, 3.05) is 6.54 Å². The quantitative estimate of drug-likeness (QED) is 0.711. The van der Waals surface area contributed by atoms with Gasteiger partial charge in [-0.2, -0.15) is 0 Å². The summed E-state index contributed by atoms with van der Waals surface area (Å²) >= 11 is 1.49. The van der Waals surface area contributed by atoms with Gasteiger partial charge < -0.3 is 15.4 Å². The first kappa shape index (κ1) is 19.2. The first-order valence-electron chi connectivity index (χ1n) is 7.59. The Labute approximate surface area is 140 Å². The lowest BCUT2D eigenvalue weighted by atomic mass is 9.96. The van der Waals surface area contributed by atoms with Gasteiger partial charge >= 0.3 is 6.09 Å². The Morgan fingerprint density at radius 1 is 1.13 bits per heavy atom. The highest BCUT2D eigenvalue weighted by Crippen LogP contribution is 2.16. The zero-order valence-corrected chi connectivity index (χ0v) is 14.7. The second-order valence-corrected chi connectivity index (χ2v) is 6.93. The number of hydrogen-bond acceptors (Lipinski definition) is 5. The van der Waals surface area contributed by atoms with Gasteiger partial charge in [-0.1, -0.05) is 33.8 Å². The van der Waals surface area contributed by atoms with Crippen molar-refractivity contribution in [3.05, 3.63) is 22.4 Å². The van der Waals surface area contributed by atoms with Crippen LogP contribution in [0.5, 0.6) is 0 Å². The van der Waals surface area contributed by atoms with E-state index < -0.39 is 17.8 Å². The molecule has 128 valence electrons. The molecule has 1 aromatic rings. The van der Waals surface area contributed by atoms with E-state index in [1.165, 1.54) is 11.3 Å². The molecule has 0 fully saturated rings. The SMILES string of the molecule is CC(C)C(OC(=O)NCC(=O)C(=O)NCc1cccs1)C(C)C. The van der Waals surface area contributed by atoms with Gasteiger partial charge in [0.05, 0.1) is 13.1 Å². The molecule has 0 aliphatic rings. The fourth-order valence-electron chi connectivity index (χ4n) is 2.12. The molecule has 0 aromatic carbocycles. The van der Waals surface area contributed by atoms with E-state index in [9.17, 15) is 14.4 Å². The van der Waals surface area contributed by atoms with Crippen LogP contribution in [0.25, 0.3) is 0 Å². The zero-order valence-electron chi connectivity index (χ0n) is 13.9. The maximum atomic E-state index is 11.7. The number of nitrogens with one attached hydrogen (secondary N) is 2. The highest BCUT2D eigenvalue weighted by molar-refractivity contribution is 7.09.